The molecule has 0 aliphatic carbocycles. The first-order valence-electron chi connectivity index (χ1n) is 14.1. The zero-order valence-corrected chi connectivity index (χ0v) is 24.1. The Balaban J connectivity index is 1.64. The number of aromatic nitrogens is 2. The van der Waals surface area contributed by atoms with Gasteiger partial charge in [0.1, 0.15) is 17.7 Å². The molecule has 0 amide bonds. The fourth-order valence-electron chi connectivity index (χ4n) is 5.98. The Morgan fingerprint density at radius 3 is 2.64 bits per heavy atom. The van der Waals surface area contributed by atoms with Crippen molar-refractivity contribution in [3.8, 4) is 0 Å². The number of esters is 1. The van der Waals surface area contributed by atoms with Crippen molar-refractivity contribution in [2.24, 2.45) is 24.3 Å². The number of fused-ring (bicyclic) bond motifs is 2. The highest BCUT2D eigenvalue weighted by Gasteiger charge is 2.53. The van der Waals surface area contributed by atoms with Crippen molar-refractivity contribution >= 4 is 22.8 Å². The quantitative estimate of drug-likeness (QED) is 0.329. The predicted octanol–water partition coefficient (Wildman–Crippen LogP) is 4.73. The van der Waals surface area contributed by atoms with Gasteiger partial charge >= 0.3 is 5.97 Å². The van der Waals surface area contributed by atoms with Crippen LogP contribution in [0.15, 0.2) is 30.9 Å². The van der Waals surface area contributed by atoms with E-state index >= 15 is 0 Å². The van der Waals surface area contributed by atoms with Gasteiger partial charge in [0.05, 0.1) is 46.8 Å². The molecule has 4 rings (SSSR count). The monoisotopic (exact) mass is 540 g/mol. The summed E-state index contributed by atoms with van der Waals surface area (Å²) in [7, 11) is 1.96. The number of aliphatic hydroxyl groups is 2. The molecule has 0 spiro atoms. The number of hydrogen-bond acceptors (Lipinski definition) is 7. The average Bonchev–Trinajstić information content (AvgIpc) is 3.42. The molecule has 2 fully saturated rings. The Morgan fingerprint density at radius 1 is 1.23 bits per heavy atom. The van der Waals surface area contributed by atoms with Crippen LogP contribution in [0.5, 0.6) is 0 Å². The lowest BCUT2D eigenvalue weighted by Gasteiger charge is -2.35. The topological polar surface area (TPSA) is 114 Å². The van der Waals surface area contributed by atoms with Crippen LogP contribution in [-0.4, -0.2) is 55.4 Å². The lowest BCUT2D eigenvalue weighted by Crippen LogP contribution is -2.46. The number of rotatable bonds is 3. The van der Waals surface area contributed by atoms with Crippen LogP contribution in [0.4, 0.5) is 0 Å². The molecule has 39 heavy (non-hydrogen) atoms. The number of ketones is 1. The summed E-state index contributed by atoms with van der Waals surface area (Å²) in [4.78, 5) is 31.5. The molecule has 2 aromatic rings. The Morgan fingerprint density at radius 2 is 1.95 bits per heavy atom. The number of ether oxygens (including phenoxy) is 2. The second-order valence-corrected chi connectivity index (χ2v) is 12.4. The van der Waals surface area contributed by atoms with Crippen molar-refractivity contribution < 1.29 is 29.3 Å². The average molecular weight is 541 g/mol. The third-order valence-electron chi connectivity index (χ3n) is 9.15. The Labute approximate surface area is 231 Å². The number of nitrogens with zero attached hydrogens (tertiary/aromatic N) is 2. The van der Waals surface area contributed by atoms with Crippen LogP contribution in [0.3, 0.4) is 0 Å². The van der Waals surface area contributed by atoms with Gasteiger partial charge in [-0.3, -0.25) is 9.59 Å². The third-order valence-corrected chi connectivity index (χ3v) is 9.15. The minimum absolute atomic E-state index is 0.0824. The van der Waals surface area contributed by atoms with Crippen molar-refractivity contribution in [2.75, 3.05) is 0 Å². The number of Topliss-reactive ketones (excluding diaryl/α,β-unsaturated/α-hetero) is 1. The molecular formula is C31H44N2O6. The van der Waals surface area contributed by atoms with Crippen molar-refractivity contribution in [2.45, 2.75) is 103 Å². The first-order chi connectivity index (χ1) is 18.3. The molecule has 0 bridgehead atoms. The number of benzene rings is 1. The van der Waals surface area contributed by atoms with E-state index in [2.05, 4.69) is 18.5 Å². The van der Waals surface area contributed by atoms with E-state index < -0.39 is 35.6 Å². The smallest absolute Gasteiger partial charge is 0.309 e. The number of allylic oxidation sites excluding steroid dienone is 1. The van der Waals surface area contributed by atoms with Gasteiger partial charge in [-0.1, -0.05) is 39.3 Å². The summed E-state index contributed by atoms with van der Waals surface area (Å²) in [5.41, 5.74) is 1.03. The van der Waals surface area contributed by atoms with Crippen molar-refractivity contribution in [3.63, 3.8) is 0 Å². The number of imidazole rings is 1. The first-order valence-corrected chi connectivity index (χ1v) is 14.1. The standard InChI is InChI=1S/C31H44N2O6/c1-8-10-21-28(36)18(2)11-9-14-31(6)26(39-31)16-24(38-27(35)17-25(34)30(4,5)29(21)37)20-12-13-23-22(15-20)32-19(3)33(23)7/h8,12-13,15,18,21,24-26,28,34,36H,1,9-11,14,16-17H2,2-7H3/t18-,21-,24+,25+,26+,28-,31-/m1/s1. The molecule has 2 aliphatic heterocycles. The number of carbonyl (C=O) groups is 2. The Bertz CT molecular complexity index is 1240. The molecule has 0 unspecified atom stereocenters. The molecule has 8 nitrogen and oxygen atoms in total. The number of carbonyl (C=O) groups excluding carboxylic acids is 2. The van der Waals surface area contributed by atoms with E-state index in [0.29, 0.717) is 12.8 Å². The molecular weight excluding hydrogens is 496 g/mol. The summed E-state index contributed by atoms with van der Waals surface area (Å²) < 4.78 is 14.1. The Hall–Kier alpha value is -2.55. The maximum atomic E-state index is 13.6. The summed E-state index contributed by atoms with van der Waals surface area (Å²) in [6.07, 6.45) is 1.63. The van der Waals surface area contributed by atoms with Gasteiger partial charge in [-0.2, -0.15) is 0 Å². The maximum Gasteiger partial charge on any atom is 0.309 e. The second-order valence-electron chi connectivity index (χ2n) is 12.4. The zero-order chi connectivity index (χ0) is 28.7. The zero-order valence-electron chi connectivity index (χ0n) is 24.1. The molecule has 1 aromatic carbocycles. The fraction of sp³-hybridized carbons (Fsp3) is 0.645. The first kappa shape index (κ1) is 29.4. The van der Waals surface area contributed by atoms with E-state index in [-0.39, 0.29) is 29.8 Å². The van der Waals surface area contributed by atoms with E-state index in [0.717, 1.165) is 41.7 Å². The molecule has 3 heterocycles. The van der Waals surface area contributed by atoms with Crippen molar-refractivity contribution in [1.82, 2.24) is 9.55 Å². The molecule has 7 atom stereocenters. The molecule has 0 radical (unpaired) electrons. The molecule has 2 aliphatic rings. The Kier molecular flexibility index (Phi) is 8.41. The van der Waals surface area contributed by atoms with Gasteiger partial charge in [0.15, 0.2) is 0 Å². The highest BCUT2D eigenvalue weighted by atomic mass is 16.6. The number of aliphatic hydroxyl groups excluding tert-OH is 2. The second kappa shape index (κ2) is 11.1. The highest BCUT2D eigenvalue weighted by Crippen LogP contribution is 2.47. The van der Waals surface area contributed by atoms with Crippen LogP contribution >= 0.6 is 0 Å². The van der Waals surface area contributed by atoms with Crippen molar-refractivity contribution in [3.05, 3.63) is 42.2 Å². The van der Waals surface area contributed by atoms with Gasteiger partial charge in [-0.25, -0.2) is 4.98 Å². The summed E-state index contributed by atoms with van der Waals surface area (Å²) in [6.45, 7) is 13.0. The van der Waals surface area contributed by atoms with Crippen LogP contribution in [0.25, 0.3) is 11.0 Å². The van der Waals surface area contributed by atoms with E-state index in [1.807, 2.05) is 43.7 Å². The minimum Gasteiger partial charge on any atom is -0.457 e. The molecule has 2 saturated heterocycles. The SMILES string of the molecule is C=CC[C@H]1C(=O)C(C)(C)[C@@H](O)CC(=O)O[C@H](c2ccc3c(c2)nc(C)n3C)C[C@@H]2O[C@]2(C)CCC[C@@H](C)[C@H]1O. The molecule has 8 heteroatoms. The highest BCUT2D eigenvalue weighted by molar-refractivity contribution is 5.88. The van der Waals surface area contributed by atoms with Crippen LogP contribution in [0.1, 0.15) is 83.7 Å². The summed E-state index contributed by atoms with van der Waals surface area (Å²) >= 11 is 0. The number of epoxide rings is 1. The number of cyclic esters (lactones) is 1. The maximum absolute atomic E-state index is 13.6. The van der Waals surface area contributed by atoms with E-state index in [1.54, 1.807) is 19.9 Å². The predicted molar refractivity (Wildman–Crippen MR) is 149 cm³/mol. The van der Waals surface area contributed by atoms with E-state index in [4.69, 9.17) is 9.47 Å². The summed E-state index contributed by atoms with van der Waals surface area (Å²) in [5.74, 6) is -0.812. The minimum atomic E-state index is -1.27. The fourth-order valence-corrected chi connectivity index (χ4v) is 5.98. The lowest BCUT2D eigenvalue weighted by atomic mass is 9.71. The number of hydrogen-bond donors (Lipinski definition) is 2. The lowest BCUT2D eigenvalue weighted by molar-refractivity contribution is -0.156. The number of aryl methyl sites for hydroxylation is 2. The van der Waals surface area contributed by atoms with Crippen LogP contribution in [0.2, 0.25) is 0 Å². The third kappa shape index (κ3) is 5.98. The van der Waals surface area contributed by atoms with Gasteiger partial charge in [0.2, 0.25) is 0 Å². The van der Waals surface area contributed by atoms with Gasteiger partial charge in [-0.15, -0.1) is 6.58 Å². The summed E-state index contributed by atoms with van der Waals surface area (Å²) in [6, 6.07) is 5.88. The van der Waals surface area contributed by atoms with Gasteiger partial charge in [0.25, 0.3) is 0 Å². The summed E-state index contributed by atoms with van der Waals surface area (Å²) in [5, 5.41) is 22.2. The van der Waals surface area contributed by atoms with E-state index in [1.165, 1.54) is 0 Å². The van der Waals surface area contributed by atoms with Crippen LogP contribution in [-0.2, 0) is 26.1 Å². The van der Waals surface area contributed by atoms with E-state index in [9.17, 15) is 19.8 Å². The van der Waals surface area contributed by atoms with Crippen LogP contribution in [0, 0.1) is 24.2 Å². The molecule has 0 saturated carbocycles. The largest absolute Gasteiger partial charge is 0.457 e. The van der Waals surface area contributed by atoms with Gasteiger partial charge < -0.3 is 24.3 Å². The van der Waals surface area contributed by atoms with Gasteiger partial charge in [-0.05, 0) is 56.7 Å². The van der Waals surface area contributed by atoms with Crippen LogP contribution < -0.4 is 0 Å². The molecule has 2 N–H and O–H groups in total. The van der Waals surface area contributed by atoms with Gasteiger partial charge in [0, 0.05) is 19.4 Å². The normalized spacial score (nSPS) is 34.4. The molecule has 214 valence electrons. The van der Waals surface area contributed by atoms with Crippen molar-refractivity contribution in [1.29, 1.82) is 0 Å². The molecule has 1 aromatic heterocycles.